The number of carbonyl (C=O) groups is 2. The maximum absolute atomic E-state index is 13.3. The Morgan fingerprint density at radius 2 is 1.94 bits per heavy atom. The molecule has 0 radical (unpaired) electrons. The molecule has 166 valence electrons. The largest absolute Gasteiger partial charge is 0.497 e. The highest BCUT2D eigenvalue weighted by Gasteiger charge is 2.35. The molecule has 1 fully saturated rings. The molecule has 2 heterocycles. The molecule has 2 aromatic carbocycles. The summed E-state index contributed by atoms with van der Waals surface area (Å²) < 4.78 is 10.7. The Morgan fingerprint density at radius 1 is 1.12 bits per heavy atom. The van der Waals surface area contributed by atoms with Gasteiger partial charge in [-0.2, -0.15) is 4.98 Å². The second-order valence-corrected chi connectivity index (χ2v) is 7.78. The lowest BCUT2D eigenvalue weighted by atomic mass is 10.1. The Hall–Kier alpha value is -3.68. The molecular formula is C24H26N4O4. The van der Waals surface area contributed by atoms with Crippen LogP contribution in [0.25, 0.3) is 0 Å². The molecule has 32 heavy (non-hydrogen) atoms. The number of aryl methyl sites for hydroxylation is 1. The van der Waals surface area contributed by atoms with Crippen molar-refractivity contribution in [2.24, 2.45) is 0 Å². The topological polar surface area (TPSA) is 88.8 Å². The monoisotopic (exact) mass is 434 g/mol. The zero-order valence-corrected chi connectivity index (χ0v) is 18.2. The molecule has 0 N–H and O–H groups in total. The number of methoxy groups -OCH3 is 1. The fourth-order valence-corrected chi connectivity index (χ4v) is 3.93. The number of hydrogen-bond acceptors (Lipinski definition) is 6. The smallest absolute Gasteiger partial charge is 0.254 e. The number of ether oxygens (including phenoxy) is 1. The summed E-state index contributed by atoms with van der Waals surface area (Å²) >= 11 is 0. The zero-order valence-electron chi connectivity index (χ0n) is 18.2. The van der Waals surface area contributed by atoms with Gasteiger partial charge in [-0.05, 0) is 43.2 Å². The minimum atomic E-state index is -0.513. The molecular weight excluding hydrogens is 408 g/mol. The standard InChI is InChI=1S/C24H26N4O4/c1-17-25-23(32-26-17)21-16-27(22(29)15-18-8-6-11-20(14-18)31-2)12-7-13-28(21)24(30)19-9-4-3-5-10-19/h3-6,8-11,14,21H,7,12-13,15-16H2,1-2H3. The van der Waals surface area contributed by atoms with Gasteiger partial charge in [0.25, 0.3) is 11.8 Å². The summed E-state index contributed by atoms with van der Waals surface area (Å²) in [5.41, 5.74) is 1.46. The van der Waals surface area contributed by atoms with E-state index in [1.54, 1.807) is 36.0 Å². The summed E-state index contributed by atoms with van der Waals surface area (Å²) in [6.07, 6.45) is 0.908. The van der Waals surface area contributed by atoms with E-state index >= 15 is 0 Å². The van der Waals surface area contributed by atoms with E-state index in [1.165, 1.54) is 0 Å². The lowest BCUT2D eigenvalue weighted by Crippen LogP contribution is -2.40. The maximum Gasteiger partial charge on any atom is 0.254 e. The molecule has 1 aliphatic heterocycles. The van der Waals surface area contributed by atoms with Gasteiger partial charge in [-0.15, -0.1) is 0 Å². The van der Waals surface area contributed by atoms with Gasteiger partial charge in [-0.1, -0.05) is 35.5 Å². The van der Waals surface area contributed by atoms with Crippen LogP contribution in [0.15, 0.2) is 59.1 Å². The third-order valence-corrected chi connectivity index (χ3v) is 5.55. The summed E-state index contributed by atoms with van der Waals surface area (Å²) in [5, 5.41) is 3.90. The van der Waals surface area contributed by atoms with Crippen molar-refractivity contribution in [1.29, 1.82) is 0 Å². The highest BCUT2D eigenvalue weighted by molar-refractivity contribution is 5.94. The Kier molecular flexibility index (Phi) is 6.49. The Balaban J connectivity index is 1.58. The predicted molar refractivity (Wildman–Crippen MR) is 117 cm³/mol. The molecule has 2 amide bonds. The number of carbonyl (C=O) groups excluding carboxylic acids is 2. The van der Waals surface area contributed by atoms with Crippen LogP contribution in [0, 0.1) is 6.92 Å². The van der Waals surface area contributed by atoms with Crippen molar-refractivity contribution in [3.8, 4) is 5.75 Å². The number of aromatic nitrogens is 2. The van der Waals surface area contributed by atoms with Crippen LogP contribution in [0.1, 0.15) is 40.1 Å². The van der Waals surface area contributed by atoms with Crippen LogP contribution in [0.3, 0.4) is 0 Å². The third-order valence-electron chi connectivity index (χ3n) is 5.55. The Bertz CT molecular complexity index is 1080. The van der Waals surface area contributed by atoms with Crippen molar-refractivity contribution in [2.45, 2.75) is 25.8 Å². The molecule has 0 saturated carbocycles. The van der Waals surface area contributed by atoms with Crippen molar-refractivity contribution in [2.75, 3.05) is 26.7 Å². The van der Waals surface area contributed by atoms with Crippen LogP contribution in [0.4, 0.5) is 0 Å². The van der Waals surface area contributed by atoms with Gasteiger partial charge in [-0.25, -0.2) is 0 Å². The van der Waals surface area contributed by atoms with Crippen molar-refractivity contribution in [1.82, 2.24) is 19.9 Å². The molecule has 3 aromatic rings. The van der Waals surface area contributed by atoms with Gasteiger partial charge in [0.15, 0.2) is 5.82 Å². The van der Waals surface area contributed by atoms with E-state index in [0.29, 0.717) is 49.1 Å². The quantitative estimate of drug-likeness (QED) is 0.613. The van der Waals surface area contributed by atoms with Crippen LogP contribution < -0.4 is 4.74 Å². The molecule has 1 unspecified atom stereocenters. The zero-order chi connectivity index (χ0) is 22.5. The number of amides is 2. The average Bonchev–Trinajstić information content (AvgIpc) is 3.12. The van der Waals surface area contributed by atoms with Gasteiger partial charge in [0.2, 0.25) is 5.91 Å². The molecule has 1 saturated heterocycles. The van der Waals surface area contributed by atoms with E-state index in [1.807, 2.05) is 42.5 Å². The fraction of sp³-hybridized carbons (Fsp3) is 0.333. The van der Waals surface area contributed by atoms with Gasteiger partial charge < -0.3 is 19.1 Å². The van der Waals surface area contributed by atoms with Crippen LogP contribution >= 0.6 is 0 Å². The molecule has 1 atom stereocenters. The van der Waals surface area contributed by atoms with E-state index in [9.17, 15) is 9.59 Å². The molecule has 1 aliphatic rings. The lowest BCUT2D eigenvalue weighted by molar-refractivity contribution is -0.130. The van der Waals surface area contributed by atoms with Gasteiger partial charge in [0.1, 0.15) is 11.8 Å². The second-order valence-electron chi connectivity index (χ2n) is 7.78. The molecule has 0 aliphatic carbocycles. The predicted octanol–water partition coefficient (Wildman–Crippen LogP) is 3.05. The van der Waals surface area contributed by atoms with E-state index in [2.05, 4.69) is 10.1 Å². The van der Waals surface area contributed by atoms with Gasteiger partial charge in [-0.3, -0.25) is 9.59 Å². The first-order valence-electron chi connectivity index (χ1n) is 10.6. The number of hydrogen-bond donors (Lipinski definition) is 0. The molecule has 0 spiro atoms. The lowest BCUT2D eigenvalue weighted by Gasteiger charge is -2.29. The first-order chi connectivity index (χ1) is 15.5. The van der Waals surface area contributed by atoms with Gasteiger partial charge in [0, 0.05) is 18.7 Å². The normalized spacial score (nSPS) is 16.5. The number of benzene rings is 2. The van der Waals surface area contributed by atoms with E-state index in [4.69, 9.17) is 9.26 Å². The van der Waals surface area contributed by atoms with E-state index < -0.39 is 6.04 Å². The SMILES string of the molecule is COc1cccc(CC(=O)N2CCCN(C(=O)c3ccccc3)C(c3nc(C)no3)C2)c1. The average molecular weight is 434 g/mol. The highest BCUT2D eigenvalue weighted by atomic mass is 16.5. The minimum absolute atomic E-state index is 0.0199. The second kappa shape index (κ2) is 9.64. The first-order valence-corrected chi connectivity index (χ1v) is 10.6. The molecule has 1 aromatic heterocycles. The molecule has 8 nitrogen and oxygen atoms in total. The molecule has 4 rings (SSSR count). The van der Waals surface area contributed by atoms with Crippen LogP contribution in [-0.2, 0) is 11.2 Å². The summed E-state index contributed by atoms with van der Waals surface area (Å²) in [6, 6.07) is 16.1. The first kappa shape index (κ1) is 21.5. The van der Waals surface area contributed by atoms with Crippen LogP contribution in [0.5, 0.6) is 5.75 Å². The van der Waals surface area contributed by atoms with E-state index in [0.717, 1.165) is 5.56 Å². The van der Waals surface area contributed by atoms with Gasteiger partial charge in [0.05, 0.1) is 20.1 Å². The summed E-state index contributed by atoms with van der Waals surface area (Å²) in [4.78, 5) is 34.4. The van der Waals surface area contributed by atoms with Crippen molar-refractivity contribution < 1.29 is 18.8 Å². The van der Waals surface area contributed by atoms with Crippen molar-refractivity contribution >= 4 is 11.8 Å². The summed E-state index contributed by atoms with van der Waals surface area (Å²) in [5.74, 6) is 1.41. The minimum Gasteiger partial charge on any atom is -0.497 e. The van der Waals surface area contributed by atoms with E-state index in [-0.39, 0.29) is 18.2 Å². The fourth-order valence-electron chi connectivity index (χ4n) is 3.93. The summed E-state index contributed by atoms with van der Waals surface area (Å²) in [6.45, 7) is 3.07. The van der Waals surface area contributed by atoms with Crippen molar-refractivity contribution in [3.63, 3.8) is 0 Å². The molecule has 0 bridgehead atoms. The Morgan fingerprint density at radius 3 is 2.66 bits per heavy atom. The number of nitrogens with zero attached hydrogens (tertiary/aromatic N) is 4. The Labute approximate surface area is 186 Å². The summed E-state index contributed by atoms with van der Waals surface area (Å²) in [7, 11) is 1.60. The maximum atomic E-state index is 13.3. The van der Waals surface area contributed by atoms with Gasteiger partial charge >= 0.3 is 0 Å². The van der Waals surface area contributed by atoms with Crippen LogP contribution in [-0.4, -0.2) is 58.5 Å². The van der Waals surface area contributed by atoms with Crippen molar-refractivity contribution in [3.05, 3.63) is 77.4 Å². The molecule has 8 heteroatoms. The van der Waals surface area contributed by atoms with Crippen LogP contribution in [0.2, 0.25) is 0 Å². The highest BCUT2D eigenvalue weighted by Crippen LogP contribution is 2.26. The number of rotatable bonds is 5. The third kappa shape index (κ3) is 4.80.